The molecule has 0 aromatic carbocycles. The first-order valence-corrected chi connectivity index (χ1v) is 6.62. The van der Waals surface area contributed by atoms with E-state index in [-0.39, 0.29) is 5.41 Å². The normalized spacial score (nSPS) is 77.9. The van der Waals surface area contributed by atoms with Crippen molar-refractivity contribution in [3.63, 3.8) is 0 Å². The van der Waals surface area contributed by atoms with Crippen molar-refractivity contribution in [1.29, 1.82) is 0 Å². The predicted octanol–water partition coefficient (Wildman–Crippen LogP) is 0.986. The summed E-state index contributed by atoms with van der Waals surface area (Å²) in [4.78, 5) is 11.2. The maximum atomic E-state index is 11.2. The van der Waals surface area contributed by atoms with Crippen LogP contribution in [0.15, 0.2) is 0 Å². The van der Waals surface area contributed by atoms with Gasteiger partial charge in [-0.2, -0.15) is 0 Å². The lowest BCUT2D eigenvalue weighted by Gasteiger charge is -2.43. The zero-order valence-electron chi connectivity index (χ0n) is 8.87. The third-order valence-electron chi connectivity index (χ3n) is 7.41. The number of carbonyl (C=O) groups is 1. The molecule has 0 amide bonds. The lowest BCUT2D eigenvalue weighted by atomic mass is 9.60. The summed E-state index contributed by atoms with van der Waals surface area (Å²) in [7, 11) is 0. The second kappa shape index (κ2) is 1.76. The van der Waals surface area contributed by atoms with Gasteiger partial charge in [0.15, 0.2) is 0 Å². The quantitative estimate of drug-likeness (QED) is 0.751. The number of carboxylic acid groups (broad SMARTS) is 1. The second-order valence-corrected chi connectivity index (χ2v) is 7.05. The van der Waals surface area contributed by atoms with Crippen molar-refractivity contribution in [2.75, 3.05) is 0 Å². The van der Waals surface area contributed by atoms with Gasteiger partial charge >= 0.3 is 5.97 Å². The Morgan fingerprint density at radius 1 is 1.31 bits per heavy atom. The van der Waals surface area contributed by atoms with Crippen LogP contribution >= 0.6 is 0 Å². The van der Waals surface area contributed by atoms with Gasteiger partial charge in [-0.1, -0.05) is 0 Å². The molecule has 2 saturated heterocycles. The zero-order chi connectivity index (χ0) is 10.4. The fourth-order valence-corrected chi connectivity index (χ4v) is 7.77. The summed E-state index contributed by atoms with van der Waals surface area (Å²) in [6.07, 6.45) is 2.57. The zero-order valence-corrected chi connectivity index (χ0v) is 8.87. The van der Waals surface area contributed by atoms with E-state index in [4.69, 9.17) is 4.74 Å². The average molecular weight is 218 g/mol. The first-order valence-electron chi connectivity index (χ1n) is 6.62. The molecule has 5 saturated carbocycles. The number of ether oxygens (including phenoxy) is 1. The maximum Gasteiger partial charge on any atom is 0.304 e. The van der Waals surface area contributed by atoms with Gasteiger partial charge in [0.25, 0.3) is 0 Å². The Kier molecular flexibility index (Phi) is 0.848. The van der Waals surface area contributed by atoms with Crippen molar-refractivity contribution in [1.82, 2.24) is 0 Å². The first kappa shape index (κ1) is 7.70. The molecular weight excluding hydrogens is 204 g/mol. The minimum absolute atomic E-state index is 0.0972. The van der Waals surface area contributed by atoms with Crippen LogP contribution in [-0.4, -0.2) is 23.3 Å². The Morgan fingerprint density at radius 2 is 2.19 bits per heavy atom. The van der Waals surface area contributed by atoms with Gasteiger partial charge in [-0.25, -0.2) is 0 Å². The van der Waals surface area contributed by atoms with Gasteiger partial charge in [0.1, 0.15) is 0 Å². The fourth-order valence-electron chi connectivity index (χ4n) is 7.77. The highest BCUT2D eigenvalue weighted by molar-refractivity contribution is 5.69. The molecule has 16 heavy (non-hydrogen) atoms. The van der Waals surface area contributed by atoms with Gasteiger partial charge in [0.2, 0.25) is 0 Å². The van der Waals surface area contributed by atoms with E-state index in [1.807, 2.05) is 0 Å². The van der Waals surface area contributed by atoms with Crippen molar-refractivity contribution < 1.29 is 14.6 Å². The van der Waals surface area contributed by atoms with E-state index in [2.05, 4.69) is 0 Å². The molecule has 0 aromatic rings. The molecule has 1 N–H and O–H groups in total. The summed E-state index contributed by atoms with van der Waals surface area (Å²) >= 11 is 0. The van der Waals surface area contributed by atoms with Gasteiger partial charge in [-0.15, -0.1) is 0 Å². The van der Waals surface area contributed by atoms with Crippen LogP contribution in [0, 0.1) is 46.8 Å². The third-order valence-corrected chi connectivity index (χ3v) is 7.41. The standard InChI is InChI=1S/C13H14O3/c14-5(15)2-13-4-1-3-6-7(4)9-8(6)11(10(3)13)16-12(9)13/h3-4,6-12H,1-2H2,(H,14,15). The molecule has 4 bridgehead atoms. The van der Waals surface area contributed by atoms with Gasteiger partial charge < -0.3 is 9.84 Å². The molecule has 7 rings (SSSR count). The van der Waals surface area contributed by atoms with Crippen LogP contribution in [0.2, 0.25) is 0 Å². The van der Waals surface area contributed by atoms with Gasteiger partial charge in [0.05, 0.1) is 18.6 Å². The summed E-state index contributed by atoms with van der Waals surface area (Å²) in [6, 6.07) is 0. The molecular formula is C13H14O3. The maximum absolute atomic E-state index is 11.2. The van der Waals surface area contributed by atoms with Crippen LogP contribution in [-0.2, 0) is 9.53 Å². The smallest absolute Gasteiger partial charge is 0.304 e. The summed E-state index contributed by atoms with van der Waals surface area (Å²) in [5.41, 5.74) is 0.0972. The number of rotatable bonds is 2. The van der Waals surface area contributed by atoms with E-state index in [9.17, 15) is 9.90 Å². The van der Waals surface area contributed by atoms with Gasteiger partial charge in [-0.05, 0) is 47.8 Å². The van der Waals surface area contributed by atoms with Crippen LogP contribution in [0.4, 0.5) is 0 Å². The number of carboxylic acids is 1. The van der Waals surface area contributed by atoms with Crippen LogP contribution in [0.1, 0.15) is 12.8 Å². The van der Waals surface area contributed by atoms with Crippen LogP contribution in [0.5, 0.6) is 0 Å². The van der Waals surface area contributed by atoms with Crippen LogP contribution in [0.25, 0.3) is 0 Å². The first-order chi connectivity index (χ1) is 7.75. The average Bonchev–Trinajstić information content (AvgIpc) is 2.75. The van der Waals surface area contributed by atoms with E-state index in [0.717, 1.165) is 35.5 Å². The molecule has 2 aliphatic heterocycles. The molecule has 7 fully saturated rings. The highest BCUT2D eigenvalue weighted by Gasteiger charge is 2.93. The predicted molar refractivity (Wildman–Crippen MR) is 52.4 cm³/mol. The number of hydrogen-bond donors (Lipinski definition) is 1. The molecule has 10 unspecified atom stereocenters. The molecule has 3 nitrogen and oxygen atoms in total. The number of hydrogen-bond acceptors (Lipinski definition) is 2. The van der Waals surface area contributed by atoms with E-state index < -0.39 is 5.97 Å². The highest BCUT2D eigenvalue weighted by atomic mass is 16.5. The summed E-state index contributed by atoms with van der Waals surface area (Å²) in [6.45, 7) is 0. The molecule has 10 atom stereocenters. The topological polar surface area (TPSA) is 46.5 Å². The van der Waals surface area contributed by atoms with Gasteiger partial charge in [-0.3, -0.25) is 4.79 Å². The molecule has 0 spiro atoms. The molecule has 5 aliphatic carbocycles. The SMILES string of the molecule is O=C(O)CC12C3CC4C5C6C(OC1C6C53)C42. The van der Waals surface area contributed by atoms with E-state index in [1.165, 1.54) is 6.42 Å². The lowest BCUT2D eigenvalue weighted by Crippen LogP contribution is -2.44. The molecule has 7 aliphatic rings. The Balaban J connectivity index is 1.64. The Hall–Kier alpha value is -0.570. The monoisotopic (exact) mass is 218 g/mol. The molecule has 84 valence electrons. The van der Waals surface area contributed by atoms with E-state index in [1.54, 1.807) is 0 Å². The molecule has 2 heterocycles. The van der Waals surface area contributed by atoms with Crippen molar-refractivity contribution >= 4 is 5.97 Å². The van der Waals surface area contributed by atoms with Crippen molar-refractivity contribution in [3.8, 4) is 0 Å². The molecule has 0 aromatic heterocycles. The van der Waals surface area contributed by atoms with Crippen molar-refractivity contribution in [2.45, 2.75) is 25.0 Å². The molecule has 3 heteroatoms. The van der Waals surface area contributed by atoms with E-state index >= 15 is 0 Å². The van der Waals surface area contributed by atoms with Crippen LogP contribution < -0.4 is 0 Å². The summed E-state index contributed by atoms with van der Waals surface area (Å²) in [5.74, 6) is 5.10. The Morgan fingerprint density at radius 3 is 3.00 bits per heavy atom. The molecule has 0 radical (unpaired) electrons. The Labute approximate surface area is 93.2 Å². The largest absolute Gasteiger partial charge is 0.481 e. The number of aliphatic carboxylic acids is 1. The fraction of sp³-hybridized carbons (Fsp3) is 0.923. The third kappa shape index (κ3) is 0.418. The van der Waals surface area contributed by atoms with Crippen LogP contribution in [0.3, 0.4) is 0 Å². The van der Waals surface area contributed by atoms with Crippen molar-refractivity contribution in [2.24, 2.45) is 46.8 Å². The summed E-state index contributed by atoms with van der Waals surface area (Å²) < 4.78 is 6.21. The van der Waals surface area contributed by atoms with Gasteiger partial charge in [0, 0.05) is 5.41 Å². The minimum atomic E-state index is -0.594. The second-order valence-electron chi connectivity index (χ2n) is 7.05. The lowest BCUT2D eigenvalue weighted by molar-refractivity contribution is -0.141. The summed E-state index contributed by atoms with van der Waals surface area (Å²) in [5, 5.41) is 9.23. The highest BCUT2D eigenvalue weighted by Crippen LogP contribution is 2.91. The Bertz CT molecular complexity index is 424. The van der Waals surface area contributed by atoms with Crippen molar-refractivity contribution in [3.05, 3.63) is 0 Å². The van der Waals surface area contributed by atoms with E-state index in [0.29, 0.717) is 24.5 Å². The minimum Gasteiger partial charge on any atom is -0.481 e.